The Labute approximate surface area is 246 Å². The largest absolute Gasteiger partial charge is 0.389 e. The number of nitrogens with zero attached hydrogens (tertiary/aromatic N) is 6. The van der Waals surface area contributed by atoms with Gasteiger partial charge in [0.1, 0.15) is 6.10 Å². The first kappa shape index (κ1) is 39.6. The van der Waals surface area contributed by atoms with Crippen LogP contribution in [0, 0.1) is 0 Å². The van der Waals surface area contributed by atoms with E-state index in [0.29, 0.717) is 13.1 Å². The van der Waals surface area contributed by atoms with Gasteiger partial charge in [-0.05, 0) is 134 Å². The van der Waals surface area contributed by atoms with E-state index < -0.39 is 18.3 Å². The van der Waals surface area contributed by atoms with Gasteiger partial charge in [-0.15, -0.1) is 0 Å². The number of aliphatic hydroxyl groups is 3. The maximum atomic E-state index is 10.5. The van der Waals surface area contributed by atoms with Crippen LogP contribution in [0.15, 0.2) is 0 Å². The van der Waals surface area contributed by atoms with Gasteiger partial charge >= 0.3 is 0 Å². The molecule has 0 aromatic rings. The molecule has 2 unspecified atom stereocenters. The van der Waals surface area contributed by atoms with Gasteiger partial charge in [-0.2, -0.15) is 0 Å². The van der Waals surface area contributed by atoms with Crippen molar-refractivity contribution in [3.8, 4) is 0 Å². The van der Waals surface area contributed by atoms with Crippen molar-refractivity contribution in [1.29, 1.82) is 0 Å². The minimum absolute atomic E-state index is 0.0929. The summed E-state index contributed by atoms with van der Waals surface area (Å²) in [5.41, 5.74) is 0. The quantitative estimate of drug-likeness (QED) is 0.112. The SMILES string of the molecule is CN(C)CCCN(CCCN(C)C)CC(O)COCC(O)COCC(O)CN(CCCN(C)C)CCCN(C)C. The Bertz CT molecular complexity index is 485. The smallest absolute Gasteiger partial charge is 0.101 e. The monoisotopic (exact) mass is 579 g/mol. The van der Waals surface area contributed by atoms with Crippen LogP contribution in [0.25, 0.3) is 0 Å². The third-order valence-corrected chi connectivity index (χ3v) is 6.50. The first-order valence-electron chi connectivity index (χ1n) is 15.1. The molecule has 0 saturated carbocycles. The summed E-state index contributed by atoms with van der Waals surface area (Å²) < 4.78 is 11.2. The van der Waals surface area contributed by atoms with Gasteiger partial charge in [0.05, 0.1) is 38.6 Å². The Kier molecular flexibility index (Phi) is 24.8. The van der Waals surface area contributed by atoms with Crippen LogP contribution in [0.5, 0.6) is 0 Å². The highest BCUT2D eigenvalue weighted by atomic mass is 16.5. The summed E-state index contributed by atoms with van der Waals surface area (Å²) in [6, 6.07) is 0. The van der Waals surface area contributed by atoms with Crippen molar-refractivity contribution in [2.75, 3.05) is 148 Å². The van der Waals surface area contributed by atoms with Gasteiger partial charge < -0.3 is 54.2 Å². The highest BCUT2D eigenvalue weighted by Gasteiger charge is 2.16. The maximum absolute atomic E-state index is 10.5. The molecule has 0 aliphatic heterocycles. The number of hydrogen-bond donors (Lipinski definition) is 3. The van der Waals surface area contributed by atoms with E-state index in [2.05, 4.69) is 85.8 Å². The van der Waals surface area contributed by atoms with Crippen LogP contribution in [-0.4, -0.2) is 211 Å². The first-order chi connectivity index (χ1) is 18.9. The summed E-state index contributed by atoms with van der Waals surface area (Å²) in [6.45, 7) is 9.45. The Balaban J connectivity index is 4.30. The lowest BCUT2D eigenvalue weighted by molar-refractivity contribution is -0.0584. The van der Waals surface area contributed by atoms with Gasteiger partial charge in [0, 0.05) is 13.1 Å². The Morgan fingerprint density at radius 3 is 0.900 bits per heavy atom. The molecule has 242 valence electrons. The fourth-order valence-corrected chi connectivity index (χ4v) is 4.46. The van der Waals surface area contributed by atoms with Crippen LogP contribution in [0.4, 0.5) is 0 Å². The summed E-state index contributed by atoms with van der Waals surface area (Å²) >= 11 is 0. The summed E-state index contributed by atoms with van der Waals surface area (Å²) in [6.07, 6.45) is 2.18. The third kappa shape index (κ3) is 26.5. The molecule has 11 nitrogen and oxygen atoms in total. The van der Waals surface area contributed by atoms with Crippen molar-refractivity contribution in [2.24, 2.45) is 0 Å². The van der Waals surface area contributed by atoms with Gasteiger partial charge in [-0.25, -0.2) is 0 Å². The van der Waals surface area contributed by atoms with Crippen molar-refractivity contribution in [3.63, 3.8) is 0 Å². The third-order valence-electron chi connectivity index (χ3n) is 6.50. The average molecular weight is 579 g/mol. The molecule has 0 rings (SSSR count). The molecule has 0 bridgehead atoms. The lowest BCUT2D eigenvalue weighted by Gasteiger charge is -2.27. The molecule has 0 heterocycles. The number of hydrogen-bond acceptors (Lipinski definition) is 11. The fraction of sp³-hybridized carbons (Fsp3) is 1.00. The molecule has 11 heteroatoms. The highest BCUT2D eigenvalue weighted by molar-refractivity contribution is 4.68. The second-order valence-electron chi connectivity index (χ2n) is 12.3. The van der Waals surface area contributed by atoms with E-state index in [4.69, 9.17) is 9.47 Å². The molecule has 0 saturated heterocycles. The lowest BCUT2D eigenvalue weighted by Crippen LogP contribution is -2.39. The van der Waals surface area contributed by atoms with Crippen molar-refractivity contribution in [2.45, 2.75) is 44.0 Å². The van der Waals surface area contributed by atoms with Gasteiger partial charge in [0.2, 0.25) is 0 Å². The normalized spacial score (nSPS) is 14.9. The van der Waals surface area contributed by atoms with E-state index >= 15 is 0 Å². The van der Waals surface area contributed by atoms with E-state index in [1.165, 1.54) is 0 Å². The van der Waals surface area contributed by atoms with Gasteiger partial charge in [0.15, 0.2) is 0 Å². The summed E-state index contributed by atoms with van der Waals surface area (Å²) in [4.78, 5) is 13.3. The molecule has 0 amide bonds. The topological polar surface area (TPSA) is 98.6 Å². The fourth-order valence-electron chi connectivity index (χ4n) is 4.46. The molecule has 0 radical (unpaired) electrons. The van der Waals surface area contributed by atoms with E-state index in [1.54, 1.807) is 0 Å². The van der Waals surface area contributed by atoms with E-state index in [1.807, 2.05) is 0 Å². The molecule has 0 spiro atoms. The second-order valence-corrected chi connectivity index (χ2v) is 12.3. The van der Waals surface area contributed by atoms with Gasteiger partial charge in [-0.3, -0.25) is 0 Å². The van der Waals surface area contributed by atoms with Crippen LogP contribution >= 0.6 is 0 Å². The Hall–Kier alpha value is -0.440. The zero-order valence-corrected chi connectivity index (χ0v) is 27.3. The molecule has 0 fully saturated rings. The van der Waals surface area contributed by atoms with Crippen molar-refractivity contribution in [1.82, 2.24) is 29.4 Å². The summed E-state index contributed by atoms with van der Waals surface area (Å²) in [5.74, 6) is 0. The van der Waals surface area contributed by atoms with Crippen LogP contribution in [0.2, 0.25) is 0 Å². The van der Waals surface area contributed by atoms with E-state index in [0.717, 1.165) is 78.0 Å². The molecule has 0 aliphatic carbocycles. The lowest BCUT2D eigenvalue weighted by atomic mass is 10.2. The minimum Gasteiger partial charge on any atom is -0.389 e. The molecule has 2 atom stereocenters. The van der Waals surface area contributed by atoms with E-state index in [-0.39, 0.29) is 26.4 Å². The average Bonchev–Trinajstić information content (AvgIpc) is 2.82. The molecule has 0 aromatic carbocycles. The zero-order valence-electron chi connectivity index (χ0n) is 27.3. The van der Waals surface area contributed by atoms with Crippen LogP contribution in [0.3, 0.4) is 0 Å². The molecule has 3 N–H and O–H groups in total. The van der Waals surface area contributed by atoms with Crippen LogP contribution in [0.1, 0.15) is 25.7 Å². The van der Waals surface area contributed by atoms with Crippen molar-refractivity contribution >= 4 is 0 Å². The van der Waals surface area contributed by atoms with Crippen molar-refractivity contribution in [3.05, 3.63) is 0 Å². The van der Waals surface area contributed by atoms with Gasteiger partial charge in [-0.1, -0.05) is 0 Å². The number of aliphatic hydroxyl groups excluding tert-OH is 3. The number of ether oxygens (including phenoxy) is 2. The maximum Gasteiger partial charge on any atom is 0.101 e. The summed E-state index contributed by atoms with van der Waals surface area (Å²) in [5, 5.41) is 31.3. The van der Waals surface area contributed by atoms with E-state index in [9.17, 15) is 15.3 Å². The molecular formula is C29H66N6O5. The molecular weight excluding hydrogens is 512 g/mol. The second kappa shape index (κ2) is 25.1. The predicted octanol–water partition coefficient (Wildman–Crippen LogP) is -0.487. The molecule has 40 heavy (non-hydrogen) atoms. The van der Waals surface area contributed by atoms with Crippen LogP contribution in [-0.2, 0) is 9.47 Å². The predicted molar refractivity (Wildman–Crippen MR) is 165 cm³/mol. The molecule has 0 aliphatic rings. The standard InChI is InChI=1S/C29H66N6O5/c1-30(2)13-9-17-34(18-10-14-31(3)4)21-27(36)23-39-25-29(38)26-40-24-28(37)22-35(19-11-15-32(5)6)20-12-16-33(7)8/h27-29,36-38H,9-26H2,1-8H3. The zero-order chi connectivity index (χ0) is 30.3. The highest BCUT2D eigenvalue weighted by Crippen LogP contribution is 2.02. The van der Waals surface area contributed by atoms with Crippen LogP contribution < -0.4 is 0 Å². The first-order valence-corrected chi connectivity index (χ1v) is 15.1. The number of rotatable bonds is 28. The summed E-state index contributed by atoms with van der Waals surface area (Å²) in [7, 11) is 16.6. The van der Waals surface area contributed by atoms with Crippen molar-refractivity contribution < 1.29 is 24.8 Å². The van der Waals surface area contributed by atoms with Gasteiger partial charge in [0.25, 0.3) is 0 Å². The molecule has 0 aromatic heterocycles. The minimum atomic E-state index is -0.799. The Morgan fingerprint density at radius 2 is 0.650 bits per heavy atom. The Morgan fingerprint density at radius 1 is 0.400 bits per heavy atom.